The first-order chi connectivity index (χ1) is 5.24. The summed E-state index contributed by atoms with van der Waals surface area (Å²) in [5.74, 6) is -0.116. The van der Waals surface area contributed by atoms with Gasteiger partial charge in [0.05, 0.1) is 0 Å². The third-order valence-electron chi connectivity index (χ3n) is 2.09. The van der Waals surface area contributed by atoms with Crippen molar-refractivity contribution in [2.24, 2.45) is 5.92 Å². The predicted octanol–water partition coefficient (Wildman–Crippen LogP) is 1.06. The first kappa shape index (κ1) is 8.53. The molecular weight excluding hydrogens is 144 g/mol. The lowest BCUT2D eigenvalue weighted by atomic mass is 9.85. The second-order valence-corrected chi connectivity index (χ2v) is 2.92. The monoisotopic (exact) mass is 158 g/mol. The van der Waals surface area contributed by atoms with E-state index in [4.69, 9.17) is 4.74 Å². The van der Waals surface area contributed by atoms with Gasteiger partial charge in [0.25, 0.3) is 0 Å². The average Bonchev–Trinajstić information content (AvgIpc) is 1.83. The van der Waals surface area contributed by atoms with Crippen LogP contribution < -0.4 is 0 Å². The van der Waals surface area contributed by atoms with Gasteiger partial charge in [-0.3, -0.25) is 4.79 Å². The second-order valence-electron chi connectivity index (χ2n) is 2.92. The fourth-order valence-electron chi connectivity index (χ4n) is 1.04. The van der Waals surface area contributed by atoms with Crippen molar-refractivity contribution >= 4 is 5.97 Å². The van der Waals surface area contributed by atoms with Crippen molar-refractivity contribution in [2.45, 2.75) is 38.9 Å². The Morgan fingerprint density at radius 2 is 2.36 bits per heavy atom. The molecule has 0 radical (unpaired) electrons. The maximum Gasteiger partial charge on any atom is 0.307 e. The molecule has 1 rings (SSSR count). The minimum Gasteiger partial charge on any atom is -0.436 e. The molecule has 0 aromatic heterocycles. The van der Waals surface area contributed by atoms with E-state index in [0.29, 0.717) is 6.42 Å². The van der Waals surface area contributed by atoms with Gasteiger partial charge in [0.15, 0.2) is 0 Å². The van der Waals surface area contributed by atoms with Crippen LogP contribution in [0.15, 0.2) is 0 Å². The van der Waals surface area contributed by atoms with Crippen LogP contribution in [0, 0.1) is 5.92 Å². The third kappa shape index (κ3) is 2.19. The zero-order valence-corrected chi connectivity index (χ0v) is 6.75. The molecule has 1 atom stereocenters. The molecule has 0 saturated heterocycles. The fraction of sp³-hybridized carbons (Fsp3) is 0.875. The van der Waals surface area contributed by atoms with Crippen LogP contribution in [0.1, 0.15) is 32.6 Å². The Hall–Kier alpha value is -0.570. The lowest BCUT2D eigenvalue weighted by Gasteiger charge is -2.29. The van der Waals surface area contributed by atoms with Crippen molar-refractivity contribution in [3.63, 3.8) is 0 Å². The second kappa shape index (κ2) is 3.72. The lowest BCUT2D eigenvalue weighted by molar-refractivity contribution is -0.182. The summed E-state index contributed by atoms with van der Waals surface area (Å²) >= 11 is 0. The van der Waals surface area contributed by atoms with E-state index in [2.05, 4.69) is 0 Å². The quantitative estimate of drug-likeness (QED) is 0.493. The average molecular weight is 158 g/mol. The molecule has 1 aliphatic carbocycles. The normalized spacial score (nSPS) is 20.5. The molecule has 1 N–H and O–H groups in total. The van der Waals surface area contributed by atoms with Crippen LogP contribution in [0.4, 0.5) is 0 Å². The number of hydrogen-bond acceptors (Lipinski definition) is 3. The van der Waals surface area contributed by atoms with Crippen LogP contribution >= 0.6 is 0 Å². The van der Waals surface area contributed by atoms with Crippen molar-refractivity contribution in [3.05, 3.63) is 0 Å². The van der Waals surface area contributed by atoms with Gasteiger partial charge in [-0.05, 0) is 12.8 Å². The molecule has 0 heterocycles. The zero-order chi connectivity index (χ0) is 8.27. The van der Waals surface area contributed by atoms with E-state index in [0.717, 1.165) is 19.3 Å². The lowest BCUT2D eigenvalue weighted by Crippen LogP contribution is -2.30. The number of carbonyl (C=O) groups is 1. The smallest absolute Gasteiger partial charge is 0.307 e. The number of carbonyl (C=O) groups excluding carboxylic acids is 1. The van der Waals surface area contributed by atoms with Gasteiger partial charge >= 0.3 is 5.97 Å². The molecule has 11 heavy (non-hydrogen) atoms. The number of aliphatic hydroxyl groups is 1. The molecule has 0 aromatic rings. The van der Waals surface area contributed by atoms with E-state index >= 15 is 0 Å². The van der Waals surface area contributed by atoms with Crippen LogP contribution in [0.3, 0.4) is 0 Å². The van der Waals surface area contributed by atoms with Gasteiger partial charge in [-0.15, -0.1) is 0 Å². The molecular formula is C8H14O3. The van der Waals surface area contributed by atoms with Gasteiger partial charge < -0.3 is 9.84 Å². The standard InChI is InChI=1S/C8H14O3/c1-2-7(9)11-8(10)6-4-3-5-6/h6,8,10H,2-5H2,1H3/t8-/m1/s1. The first-order valence-electron chi connectivity index (χ1n) is 4.11. The summed E-state index contributed by atoms with van der Waals surface area (Å²) in [5, 5.41) is 9.23. The number of rotatable bonds is 3. The Balaban J connectivity index is 2.19. The van der Waals surface area contributed by atoms with Crippen LogP contribution in [-0.2, 0) is 9.53 Å². The van der Waals surface area contributed by atoms with E-state index in [-0.39, 0.29) is 11.9 Å². The number of esters is 1. The maximum absolute atomic E-state index is 10.7. The highest BCUT2D eigenvalue weighted by Gasteiger charge is 2.27. The SMILES string of the molecule is CCC(=O)O[C@@H](O)C1CCC1. The molecule has 0 unspecified atom stereocenters. The van der Waals surface area contributed by atoms with E-state index in [9.17, 15) is 9.90 Å². The molecule has 1 fully saturated rings. The van der Waals surface area contributed by atoms with E-state index in [1.54, 1.807) is 6.92 Å². The Kier molecular flexibility index (Phi) is 2.88. The van der Waals surface area contributed by atoms with E-state index < -0.39 is 6.29 Å². The number of ether oxygens (including phenoxy) is 1. The molecule has 0 aliphatic heterocycles. The molecule has 1 aliphatic rings. The minimum atomic E-state index is -0.851. The molecule has 3 heteroatoms. The van der Waals surface area contributed by atoms with E-state index in [1.807, 2.05) is 0 Å². The largest absolute Gasteiger partial charge is 0.436 e. The number of aliphatic hydroxyl groups excluding tert-OH is 1. The van der Waals surface area contributed by atoms with Crippen LogP contribution in [0.2, 0.25) is 0 Å². The van der Waals surface area contributed by atoms with Crippen molar-refractivity contribution in [1.82, 2.24) is 0 Å². The predicted molar refractivity (Wildman–Crippen MR) is 39.7 cm³/mol. The summed E-state index contributed by atoms with van der Waals surface area (Å²) in [6.07, 6.45) is 2.60. The Bertz CT molecular complexity index is 140. The van der Waals surface area contributed by atoms with Gasteiger partial charge in [0, 0.05) is 12.3 Å². The number of hydrogen-bond donors (Lipinski definition) is 1. The summed E-state index contributed by atoms with van der Waals surface area (Å²) in [6, 6.07) is 0. The Morgan fingerprint density at radius 1 is 1.73 bits per heavy atom. The summed E-state index contributed by atoms with van der Waals surface area (Å²) in [6.45, 7) is 1.72. The maximum atomic E-state index is 10.7. The van der Waals surface area contributed by atoms with Crippen LogP contribution in [0.25, 0.3) is 0 Å². The van der Waals surface area contributed by atoms with Gasteiger partial charge in [-0.25, -0.2) is 0 Å². The summed E-state index contributed by atoms with van der Waals surface area (Å²) in [5.41, 5.74) is 0. The molecule has 1 saturated carbocycles. The highest BCUT2D eigenvalue weighted by molar-refractivity contribution is 5.68. The van der Waals surface area contributed by atoms with Gasteiger partial charge in [-0.1, -0.05) is 13.3 Å². The Morgan fingerprint density at radius 3 is 2.73 bits per heavy atom. The zero-order valence-electron chi connectivity index (χ0n) is 6.75. The summed E-state index contributed by atoms with van der Waals surface area (Å²) in [4.78, 5) is 10.7. The Labute approximate surface area is 66.4 Å². The van der Waals surface area contributed by atoms with Crippen molar-refractivity contribution < 1.29 is 14.6 Å². The summed E-state index contributed by atoms with van der Waals surface area (Å²) < 4.78 is 4.72. The molecule has 0 bridgehead atoms. The van der Waals surface area contributed by atoms with E-state index in [1.165, 1.54) is 0 Å². The highest BCUT2D eigenvalue weighted by atomic mass is 16.6. The molecule has 64 valence electrons. The van der Waals surface area contributed by atoms with Crippen molar-refractivity contribution in [3.8, 4) is 0 Å². The topological polar surface area (TPSA) is 46.5 Å². The first-order valence-corrected chi connectivity index (χ1v) is 4.11. The fourth-order valence-corrected chi connectivity index (χ4v) is 1.04. The van der Waals surface area contributed by atoms with Crippen molar-refractivity contribution in [2.75, 3.05) is 0 Å². The molecule has 0 amide bonds. The third-order valence-corrected chi connectivity index (χ3v) is 2.09. The van der Waals surface area contributed by atoms with Crippen LogP contribution in [0.5, 0.6) is 0 Å². The summed E-state index contributed by atoms with van der Waals surface area (Å²) in [7, 11) is 0. The molecule has 0 aromatic carbocycles. The van der Waals surface area contributed by atoms with Gasteiger partial charge in [0.2, 0.25) is 6.29 Å². The molecule has 0 spiro atoms. The van der Waals surface area contributed by atoms with Crippen molar-refractivity contribution in [1.29, 1.82) is 0 Å². The van der Waals surface area contributed by atoms with Crippen LogP contribution in [-0.4, -0.2) is 17.4 Å². The van der Waals surface area contributed by atoms with Gasteiger partial charge in [0.1, 0.15) is 0 Å². The van der Waals surface area contributed by atoms with Gasteiger partial charge in [-0.2, -0.15) is 0 Å². The molecule has 3 nitrogen and oxygen atoms in total. The highest BCUT2D eigenvalue weighted by Crippen LogP contribution is 2.29. The minimum absolute atomic E-state index is 0.200.